The lowest BCUT2D eigenvalue weighted by Gasteiger charge is -2.36. The number of hydrogen-bond donors (Lipinski definition) is 2. The Morgan fingerprint density at radius 3 is 2.26 bits per heavy atom. The number of hydrogen-bond acceptors (Lipinski definition) is 5. The van der Waals surface area contributed by atoms with Crippen molar-refractivity contribution in [2.24, 2.45) is 7.05 Å². The SMILES string of the molecule is Cn1cc([C@@H](C(=O)O)N2CCN(S(C)(=O)=O)CC2)c2cc(C(=O)O)ccc21. The van der Waals surface area contributed by atoms with Crippen LogP contribution in [0.3, 0.4) is 0 Å². The van der Waals surface area contributed by atoms with Crippen molar-refractivity contribution in [3.05, 3.63) is 35.5 Å². The van der Waals surface area contributed by atoms with Gasteiger partial charge in [-0.2, -0.15) is 4.31 Å². The minimum absolute atomic E-state index is 0.0842. The fourth-order valence-electron chi connectivity index (χ4n) is 3.55. The van der Waals surface area contributed by atoms with Gasteiger partial charge in [0.05, 0.1) is 11.8 Å². The Labute approximate surface area is 156 Å². The first-order valence-electron chi connectivity index (χ1n) is 8.34. The third-order valence-electron chi connectivity index (χ3n) is 4.90. The molecule has 1 aliphatic heterocycles. The van der Waals surface area contributed by atoms with Crippen LogP contribution in [0, 0.1) is 0 Å². The molecular weight excluding hydrogens is 374 g/mol. The van der Waals surface area contributed by atoms with Gasteiger partial charge in [-0.05, 0) is 18.2 Å². The highest BCUT2D eigenvalue weighted by molar-refractivity contribution is 7.88. The molecule has 1 aromatic carbocycles. The van der Waals surface area contributed by atoms with Crippen LogP contribution in [0.25, 0.3) is 10.9 Å². The first-order valence-corrected chi connectivity index (χ1v) is 10.2. The van der Waals surface area contributed by atoms with E-state index in [0.717, 1.165) is 11.8 Å². The summed E-state index contributed by atoms with van der Waals surface area (Å²) >= 11 is 0. The number of carbonyl (C=O) groups is 2. The summed E-state index contributed by atoms with van der Waals surface area (Å²) in [5.74, 6) is -2.14. The first kappa shape index (κ1) is 19.3. The Morgan fingerprint density at radius 2 is 1.74 bits per heavy atom. The van der Waals surface area contributed by atoms with E-state index in [-0.39, 0.29) is 31.7 Å². The number of carboxylic acids is 2. The smallest absolute Gasteiger partial charge is 0.335 e. The molecule has 9 nitrogen and oxygen atoms in total. The summed E-state index contributed by atoms with van der Waals surface area (Å²) in [4.78, 5) is 25.1. The molecule has 0 radical (unpaired) electrons. The molecule has 2 aromatic rings. The van der Waals surface area contributed by atoms with Crippen LogP contribution in [0.1, 0.15) is 22.0 Å². The van der Waals surface area contributed by atoms with Crippen LogP contribution < -0.4 is 0 Å². The highest BCUT2D eigenvalue weighted by atomic mass is 32.2. The highest BCUT2D eigenvalue weighted by Crippen LogP contribution is 2.31. The molecule has 2 N–H and O–H groups in total. The predicted molar refractivity (Wildman–Crippen MR) is 98.2 cm³/mol. The highest BCUT2D eigenvalue weighted by Gasteiger charge is 2.34. The minimum atomic E-state index is -3.32. The van der Waals surface area contributed by atoms with E-state index < -0.39 is 28.0 Å². The van der Waals surface area contributed by atoms with E-state index in [1.54, 1.807) is 28.8 Å². The van der Waals surface area contributed by atoms with Crippen LogP contribution in [0.5, 0.6) is 0 Å². The zero-order valence-corrected chi connectivity index (χ0v) is 15.8. The Kier molecular flexibility index (Phi) is 4.98. The van der Waals surface area contributed by atoms with Gasteiger partial charge in [-0.15, -0.1) is 0 Å². The van der Waals surface area contributed by atoms with Crippen molar-refractivity contribution in [2.45, 2.75) is 6.04 Å². The summed E-state index contributed by atoms with van der Waals surface area (Å²) < 4.78 is 26.4. The molecule has 1 aromatic heterocycles. The molecule has 0 amide bonds. The topological polar surface area (TPSA) is 120 Å². The second-order valence-electron chi connectivity index (χ2n) is 6.67. The molecule has 146 valence electrons. The molecule has 1 saturated heterocycles. The summed E-state index contributed by atoms with van der Waals surface area (Å²) in [6.45, 7) is 0.986. The number of aryl methyl sites for hydroxylation is 1. The number of carboxylic acid groups (broad SMARTS) is 2. The zero-order valence-electron chi connectivity index (χ0n) is 15.0. The monoisotopic (exact) mass is 395 g/mol. The molecule has 27 heavy (non-hydrogen) atoms. The van der Waals surface area contributed by atoms with Gasteiger partial charge in [-0.25, -0.2) is 13.2 Å². The van der Waals surface area contributed by atoms with Crippen LogP contribution >= 0.6 is 0 Å². The van der Waals surface area contributed by atoms with E-state index >= 15 is 0 Å². The Bertz CT molecular complexity index is 1010. The van der Waals surface area contributed by atoms with Crippen molar-refractivity contribution < 1.29 is 28.2 Å². The molecule has 0 unspecified atom stereocenters. The maximum atomic E-state index is 12.1. The summed E-state index contributed by atoms with van der Waals surface area (Å²) in [7, 11) is -1.55. The fourth-order valence-corrected chi connectivity index (χ4v) is 4.38. The van der Waals surface area contributed by atoms with Gasteiger partial charge >= 0.3 is 11.9 Å². The second kappa shape index (κ2) is 6.95. The van der Waals surface area contributed by atoms with Gasteiger partial charge in [0.1, 0.15) is 6.04 Å². The van der Waals surface area contributed by atoms with Crippen molar-refractivity contribution in [3.63, 3.8) is 0 Å². The second-order valence-corrected chi connectivity index (χ2v) is 8.65. The van der Waals surface area contributed by atoms with Gasteiger partial charge in [0.2, 0.25) is 10.0 Å². The van der Waals surface area contributed by atoms with Gasteiger partial charge in [0.15, 0.2) is 0 Å². The molecule has 1 aliphatic rings. The minimum Gasteiger partial charge on any atom is -0.480 e. The standard InChI is InChI=1S/C17H21N3O6S/c1-18-10-13(12-9-11(16(21)22)3-4-14(12)18)15(17(23)24)19-5-7-20(8-6-19)27(2,25)26/h3-4,9-10,15H,5-8H2,1-2H3,(H,21,22)(H,23,24)/t15-/m0/s1. The number of benzene rings is 1. The average Bonchev–Trinajstić information content (AvgIpc) is 2.90. The van der Waals surface area contributed by atoms with Gasteiger partial charge in [-0.1, -0.05) is 0 Å². The Hall–Kier alpha value is -2.43. The molecule has 0 aliphatic carbocycles. The number of aromatic nitrogens is 1. The lowest BCUT2D eigenvalue weighted by molar-refractivity contribution is -0.144. The molecule has 3 rings (SSSR count). The van der Waals surface area contributed by atoms with Crippen molar-refractivity contribution in [3.8, 4) is 0 Å². The van der Waals surface area contributed by atoms with E-state index in [1.165, 1.54) is 16.4 Å². The molecule has 2 heterocycles. The van der Waals surface area contributed by atoms with E-state index in [9.17, 15) is 28.2 Å². The van der Waals surface area contributed by atoms with Crippen molar-refractivity contribution in [2.75, 3.05) is 32.4 Å². The number of piperazine rings is 1. The summed E-state index contributed by atoms with van der Waals surface area (Å²) in [6.07, 6.45) is 2.83. The van der Waals surface area contributed by atoms with Gasteiger partial charge < -0.3 is 14.8 Å². The predicted octanol–water partition coefficient (Wildman–Crippen LogP) is 0.579. The van der Waals surface area contributed by atoms with Crippen molar-refractivity contribution in [1.82, 2.24) is 13.8 Å². The Morgan fingerprint density at radius 1 is 1.11 bits per heavy atom. The molecule has 0 spiro atoms. The zero-order chi connectivity index (χ0) is 19.9. The maximum absolute atomic E-state index is 12.1. The van der Waals surface area contributed by atoms with Crippen LogP contribution in [0.2, 0.25) is 0 Å². The number of rotatable bonds is 5. The van der Waals surface area contributed by atoms with E-state index in [1.807, 2.05) is 0 Å². The van der Waals surface area contributed by atoms with Crippen LogP contribution in [0.4, 0.5) is 0 Å². The van der Waals surface area contributed by atoms with Crippen LogP contribution in [-0.4, -0.2) is 76.8 Å². The van der Waals surface area contributed by atoms with Crippen molar-refractivity contribution >= 4 is 32.9 Å². The number of aromatic carboxylic acids is 1. The van der Waals surface area contributed by atoms with E-state index in [2.05, 4.69) is 0 Å². The number of sulfonamides is 1. The lowest BCUT2D eigenvalue weighted by atomic mass is 10.0. The third kappa shape index (κ3) is 3.68. The number of aliphatic carboxylic acids is 1. The lowest BCUT2D eigenvalue weighted by Crippen LogP contribution is -2.50. The quantitative estimate of drug-likeness (QED) is 0.760. The van der Waals surface area contributed by atoms with Gasteiger partial charge in [0.25, 0.3) is 0 Å². The summed E-state index contributed by atoms with van der Waals surface area (Å²) in [6, 6.07) is 3.63. The third-order valence-corrected chi connectivity index (χ3v) is 6.21. The number of nitrogens with zero attached hydrogens (tertiary/aromatic N) is 3. The van der Waals surface area contributed by atoms with E-state index in [0.29, 0.717) is 10.9 Å². The maximum Gasteiger partial charge on any atom is 0.335 e. The molecular formula is C17H21N3O6S. The largest absolute Gasteiger partial charge is 0.480 e. The summed E-state index contributed by atoms with van der Waals surface area (Å²) in [5, 5.41) is 19.7. The van der Waals surface area contributed by atoms with E-state index in [4.69, 9.17) is 0 Å². The van der Waals surface area contributed by atoms with Gasteiger partial charge in [-0.3, -0.25) is 9.69 Å². The first-order chi connectivity index (χ1) is 12.6. The van der Waals surface area contributed by atoms with Crippen LogP contribution in [-0.2, 0) is 21.9 Å². The molecule has 0 saturated carbocycles. The molecule has 1 fully saturated rings. The van der Waals surface area contributed by atoms with Gasteiger partial charge in [0, 0.05) is 55.9 Å². The fraction of sp³-hybridized carbons (Fsp3) is 0.412. The summed E-state index contributed by atoms with van der Waals surface area (Å²) in [5.41, 5.74) is 1.31. The molecule has 1 atom stereocenters. The number of fused-ring (bicyclic) bond motifs is 1. The molecule has 0 bridgehead atoms. The normalized spacial score (nSPS) is 17.9. The van der Waals surface area contributed by atoms with Crippen LogP contribution in [0.15, 0.2) is 24.4 Å². The molecule has 10 heteroatoms. The average molecular weight is 395 g/mol. The van der Waals surface area contributed by atoms with Crippen molar-refractivity contribution in [1.29, 1.82) is 0 Å². The Balaban J connectivity index is 2.00.